The van der Waals surface area contributed by atoms with Crippen LogP contribution < -0.4 is 0 Å². The molecule has 0 spiro atoms. The van der Waals surface area contributed by atoms with Crippen molar-refractivity contribution >= 4 is 0 Å². The Kier molecular flexibility index (Phi) is 13.3. The van der Waals surface area contributed by atoms with Gasteiger partial charge in [0.2, 0.25) is 0 Å². The van der Waals surface area contributed by atoms with Crippen LogP contribution in [0.4, 0.5) is 0 Å². The molecule has 0 aliphatic carbocycles. The van der Waals surface area contributed by atoms with Crippen molar-refractivity contribution in [2.45, 2.75) is 117 Å². The minimum absolute atomic E-state index is 1.00. The summed E-state index contributed by atoms with van der Waals surface area (Å²) in [6.07, 6.45) is 25.3. The maximum atomic E-state index is 4.74. The zero-order valence-electron chi connectivity index (χ0n) is 23.0. The van der Waals surface area contributed by atoms with Gasteiger partial charge in [-0.25, -0.2) is 0 Å². The van der Waals surface area contributed by atoms with E-state index in [4.69, 9.17) is 9.97 Å². The number of unbranched alkanes of at least 4 members (excludes halogenated alkanes) is 12. The lowest BCUT2D eigenvalue weighted by atomic mass is 10.0. The van der Waals surface area contributed by atoms with Gasteiger partial charge in [0.05, 0.1) is 11.4 Å². The molecule has 0 unspecified atom stereocenters. The van der Waals surface area contributed by atoms with E-state index in [0.717, 1.165) is 23.4 Å². The lowest BCUT2D eigenvalue weighted by Crippen LogP contribution is -1.91. The lowest BCUT2D eigenvalue weighted by Gasteiger charge is -2.07. The minimum atomic E-state index is 1.00. The Bertz CT molecular complexity index is 942. The summed E-state index contributed by atoms with van der Waals surface area (Å²) in [5.41, 5.74) is 7.07. The van der Waals surface area contributed by atoms with Gasteiger partial charge in [-0.1, -0.05) is 121 Å². The van der Waals surface area contributed by atoms with Crippen molar-refractivity contribution in [3.63, 3.8) is 0 Å². The summed E-state index contributed by atoms with van der Waals surface area (Å²) in [5.74, 6) is 0. The first-order valence-electron chi connectivity index (χ1n) is 14.8. The fourth-order valence-electron chi connectivity index (χ4n) is 4.87. The molecule has 0 amide bonds. The van der Waals surface area contributed by atoms with Crippen LogP contribution >= 0.6 is 0 Å². The van der Waals surface area contributed by atoms with E-state index in [1.807, 2.05) is 12.4 Å². The Morgan fingerprint density at radius 2 is 0.861 bits per heavy atom. The number of benzene rings is 1. The number of aryl methyl sites for hydroxylation is 2. The number of hydrogen-bond donors (Lipinski definition) is 0. The van der Waals surface area contributed by atoms with Crippen molar-refractivity contribution in [1.82, 2.24) is 9.97 Å². The van der Waals surface area contributed by atoms with Crippen LogP contribution in [0.1, 0.15) is 115 Å². The summed E-state index contributed by atoms with van der Waals surface area (Å²) in [5, 5.41) is 0. The SMILES string of the molecule is CCCCCCCCCCc1ccc(-c2ccc(-c3ccc(CCCCCCCC)cc3)nc2)nc1. The van der Waals surface area contributed by atoms with Crippen LogP contribution in [0.15, 0.2) is 60.9 Å². The molecule has 0 bridgehead atoms. The second-order valence-corrected chi connectivity index (χ2v) is 10.4. The van der Waals surface area contributed by atoms with Crippen LogP contribution in [0.25, 0.3) is 22.5 Å². The molecule has 3 aromatic rings. The fourth-order valence-corrected chi connectivity index (χ4v) is 4.87. The molecule has 1 aromatic carbocycles. The number of pyridine rings is 2. The average molecular weight is 485 g/mol. The van der Waals surface area contributed by atoms with Gasteiger partial charge in [0, 0.05) is 23.5 Å². The van der Waals surface area contributed by atoms with Crippen LogP contribution in [0.2, 0.25) is 0 Å². The summed E-state index contributed by atoms with van der Waals surface area (Å²) in [7, 11) is 0. The molecule has 0 fully saturated rings. The van der Waals surface area contributed by atoms with Gasteiger partial charge < -0.3 is 0 Å². The Labute approximate surface area is 221 Å². The molecule has 194 valence electrons. The van der Waals surface area contributed by atoms with Crippen LogP contribution in [0, 0.1) is 0 Å². The van der Waals surface area contributed by atoms with E-state index in [1.165, 1.54) is 113 Å². The Hall–Kier alpha value is -2.48. The smallest absolute Gasteiger partial charge is 0.0717 e. The van der Waals surface area contributed by atoms with Crippen molar-refractivity contribution < 1.29 is 0 Å². The first-order chi connectivity index (χ1) is 17.8. The van der Waals surface area contributed by atoms with Gasteiger partial charge in [0.25, 0.3) is 0 Å². The van der Waals surface area contributed by atoms with Gasteiger partial charge in [-0.3, -0.25) is 9.97 Å². The normalized spacial score (nSPS) is 11.2. The highest BCUT2D eigenvalue weighted by Gasteiger charge is 2.04. The molecule has 0 aliphatic rings. The number of hydrogen-bond acceptors (Lipinski definition) is 2. The quantitative estimate of drug-likeness (QED) is 0.168. The molecule has 0 atom stereocenters. The van der Waals surface area contributed by atoms with Crippen molar-refractivity contribution in [3.05, 3.63) is 72.1 Å². The third-order valence-electron chi connectivity index (χ3n) is 7.27. The highest BCUT2D eigenvalue weighted by molar-refractivity contribution is 5.64. The third kappa shape index (κ3) is 10.2. The molecule has 2 aromatic heterocycles. The topological polar surface area (TPSA) is 25.8 Å². The maximum absolute atomic E-state index is 4.74. The van der Waals surface area contributed by atoms with Crippen molar-refractivity contribution in [1.29, 1.82) is 0 Å². The summed E-state index contributed by atoms with van der Waals surface area (Å²) in [4.78, 5) is 9.46. The molecule has 0 saturated carbocycles. The Balaban J connectivity index is 1.41. The van der Waals surface area contributed by atoms with Crippen molar-refractivity contribution in [2.75, 3.05) is 0 Å². The number of aromatic nitrogens is 2. The van der Waals surface area contributed by atoms with Gasteiger partial charge >= 0.3 is 0 Å². The van der Waals surface area contributed by atoms with E-state index in [9.17, 15) is 0 Å². The molecular formula is C34H48N2. The fraction of sp³-hybridized carbons (Fsp3) is 0.529. The van der Waals surface area contributed by atoms with E-state index < -0.39 is 0 Å². The minimum Gasteiger partial charge on any atom is -0.256 e. The molecule has 0 N–H and O–H groups in total. The highest BCUT2D eigenvalue weighted by Crippen LogP contribution is 2.23. The molecule has 2 nitrogen and oxygen atoms in total. The Morgan fingerprint density at radius 3 is 1.39 bits per heavy atom. The molecule has 0 radical (unpaired) electrons. The van der Waals surface area contributed by atoms with Crippen LogP contribution in [-0.4, -0.2) is 9.97 Å². The predicted octanol–water partition coefficient (Wildman–Crippen LogP) is 10.4. The van der Waals surface area contributed by atoms with E-state index in [1.54, 1.807) is 0 Å². The van der Waals surface area contributed by atoms with E-state index in [-0.39, 0.29) is 0 Å². The molecule has 3 rings (SSSR count). The summed E-state index contributed by atoms with van der Waals surface area (Å²) >= 11 is 0. The van der Waals surface area contributed by atoms with Crippen LogP contribution in [-0.2, 0) is 12.8 Å². The average Bonchev–Trinajstić information content (AvgIpc) is 2.93. The summed E-state index contributed by atoms with van der Waals surface area (Å²) in [6.45, 7) is 4.55. The molecule has 0 saturated heterocycles. The van der Waals surface area contributed by atoms with Crippen molar-refractivity contribution in [2.24, 2.45) is 0 Å². The largest absolute Gasteiger partial charge is 0.256 e. The van der Waals surface area contributed by atoms with Gasteiger partial charge in [-0.15, -0.1) is 0 Å². The van der Waals surface area contributed by atoms with E-state index >= 15 is 0 Å². The van der Waals surface area contributed by atoms with Gasteiger partial charge in [-0.05, 0) is 55.0 Å². The predicted molar refractivity (Wildman–Crippen MR) is 156 cm³/mol. The van der Waals surface area contributed by atoms with Gasteiger partial charge in [-0.2, -0.15) is 0 Å². The molecular weight excluding hydrogens is 436 g/mol. The lowest BCUT2D eigenvalue weighted by molar-refractivity contribution is 0.575. The second-order valence-electron chi connectivity index (χ2n) is 10.4. The Morgan fingerprint density at radius 1 is 0.417 bits per heavy atom. The zero-order valence-corrected chi connectivity index (χ0v) is 23.0. The monoisotopic (exact) mass is 484 g/mol. The summed E-state index contributed by atoms with van der Waals surface area (Å²) in [6, 6.07) is 17.6. The van der Waals surface area contributed by atoms with Gasteiger partial charge in [0.15, 0.2) is 0 Å². The molecule has 2 heteroatoms. The first kappa shape index (κ1) is 28.1. The molecule has 36 heavy (non-hydrogen) atoms. The highest BCUT2D eigenvalue weighted by atomic mass is 14.7. The first-order valence-corrected chi connectivity index (χ1v) is 14.8. The van der Waals surface area contributed by atoms with Gasteiger partial charge in [0.1, 0.15) is 0 Å². The van der Waals surface area contributed by atoms with E-state index in [0.29, 0.717) is 0 Å². The van der Waals surface area contributed by atoms with Crippen LogP contribution in [0.3, 0.4) is 0 Å². The maximum Gasteiger partial charge on any atom is 0.0717 e. The standard InChI is InChI=1S/C34H48N2/c1-3-5-7-9-11-12-14-16-18-30-21-25-34(35-27-30)32-24-26-33(36-28-32)31-22-19-29(20-23-31)17-15-13-10-8-6-4-2/h19-28H,3-18H2,1-2H3. The summed E-state index contributed by atoms with van der Waals surface area (Å²) < 4.78 is 0. The number of nitrogens with zero attached hydrogens (tertiary/aromatic N) is 2. The zero-order chi connectivity index (χ0) is 25.3. The van der Waals surface area contributed by atoms with Crippen LogP contribution in [0.5, 0.6) is 0 Å². The van der Waals surface area contributed by atoms with Crippen molar-refractivity contribution in [3.8, 4) is 22.5 Å². The molecule has 2 heterocycles. The second kappa shape index (κ2) is 17.1. The molecule has 0 aliphatic heterocycles. The number of rotatable bonds is 18. The third-order valence-corrected chi connectivity index (χ3v) is 7.27. The van der Waals surface area contributed by atoms with E-state index in [2.05, 4.69) is 62.4 Å².